The van der Waals surface area contributed by atoms with Crippen LogP contribution in [0.15, 0.2) is 48.5 Å². The quantitative estimate of drug-likeness (QED) is 0.778. The summed E-state index contributed by atoms with van der Waals surface area (Å²) in [5, 5.41) is 6.09. The second kappa shape index (κ2) is 7.73. The average molecular weight is 326 g/mol. The third-order valence-corrected chi connectivity index (χ3v) is 3.63. The number of para-hydroxylation sites is 2. The van der Waals surface area contributed by atoms with Crippen molar-refractivity contribution in [2.45, 2.75) is 25.8 Å². The van der Waals surface area contributed by atoms with Gasteiger partial charge in [0.2, 0.25) is 5.91 Å². The first-order valence-corrected chi connectivity index (χ1v) is 8.27. The molecule has 0 aromatic heterocycles. The van der Waals surface area contributed by atoms with Crippen molar-refractivity contribution in [2.24, 2.45) is 0 Å². The van der Waals surface area contributed by atoms with E-state index in [4.69, 9.17) is 9.47 Å². The molecule has 2 aromatic carbocycles. The topological polar surface area (TPSA) is 59.6 Å². The van der Waals surface area contributed by atoms with E-state index in [1.54, 1.807) is 0 Å². The molecule has 126 valence electrons. The van der Waals surface area contributed by atoms with Crippen LogP contribution >= 0.6 is 0 Å². The summed E-state index contributed by atoms with van der Waals surface area (Å²) in [5.74, 6) is 2.22. The first-order chi connectivity index (χ1) is 11.7. The number of carbonyl (C=O) groups is 1. The van der Waals surface area contributed by atoms with Crippen LogP contribution in [0.25, 0.3) is 0 Å². The van der Waals surface area contributed by atoms with E-state index in [0.717, 1.165) is 30.0 Å². The summed E-state index contributed by atoms with van der Waals surface area (Å²) < 4.78 is 11.3. The second-order valence-corrected chi connectivity index (χ2v) is 5.70. The zero-order valence-electron chi connectivity index (χ0n) is 13.7. The number of carbonyl (C=O) groups excluding carboxylic acids is 1. The Hall–Kier alpha value is -2.69. The van der Waals surface area contributed by atoms with E-state index >= 15 is 0 Å². The van der Waals surface area contributed by atoms with Gasteiger partial charge >= 0.3 is 0 Å². The molecule has 1 aliphatic rings. The number of hydrogen-bond acceptors (Lipinski definition) is 4. The van der Waals surface area contributed by atoms with Crippen molar-refractivity contribution in [3.63, 3.8) is 0 Å². The molecule has 0 spiro atoms. The van der Waals surface area contributed by atoms with Crippen molar-refractivity contribution in [3.05, 3.63) is 48.5 Å². The first kappa shape index (κ1) is 16.2. The second-order valence-electron chi connectivity index (χ2n) is 5.70. The maximum Gasteiger partial charge on any atom is 0.239 e. The fraction of sp³-hybridized carbons (Fsp3) is 0.316. The molecule has 0 atom stereocenters. The standard InChI is InChI=1S/C19H22N2O3/c1-2-23-15-9-11-16(12-10-15)24-18-6-4-3-5-17(18)20-13-19(22)21-14-7-8-14/h3-6,9-12,14,20H,2,7-8,13H2,1H3,(H,21,22). The van der Waals surface area contributed by atoms with Gasteiger partial charge in [0.1, 0.15) is 11.5 Å². The molecule has 1 amide bonds. The molecule has 0 saturated heterocycles. The van der Waals surface area contributed by atoms with Crippen molar-refractivity contribution in [3.8, 4) is 17.2 Å². The summed E-state index contributed by atoms with van der Waals surface area (Å²) in [4.78, 5) is 11.8. The smallest absolute Gasteiger partial charge is 0.239 e. The van der Waals surface area contributed by atoms with Crippen LogP contribution in [0.3, 0.4) is 0 Å². The summed E-state index contributed by atoms with van der Waals surface area (Å²) in [5.41, 5.74) is 0.789. The molecule has 1 saturated carbocycles. The Bertz CT molecular complexity index is 681. The van der Waals surface area contributed by atoms with Crippen LogP contribution in [-0.4, -0.2) is 25.1 Å². The predicted octanol–water partition coefficient (Wildman–Crippen LogP) is 3.57. The number of benzene rings is 2. The summed E-state index contributed by atoms with van der Waals surface area (Å²) in [6, 6.07) is 15.4. The van der Waals surface area contributed by atoms with Crippen molar-refractivity contribution >= 4 is 11.6 Å². The van der Waals surface area contributed by atoms with Gasteiger partial charge in [-0.15, -0.1) is 0 Å². The normalized spacial score (nSPS) is 13.2. The highest BCUT2D eigenvalue weighted by Gasteiger charge is 2.22. The Balaban J connectivity index is 1.61. The van der Waals surface area contributed by atoms with Crippen molar-refractivity contribution in [1.82, 2.24) is 5.32 Å². The molecule has 0 heterocycles. The van der Waals surface area contributed by atoms with Gasteiger partial charge in [-0.3, -0.25) is 4.79 Å². The number of ether oxygens (including phenoxy) is 2. The van der Waals surface area contributed by atoms with Gasteiger partial charge in [0.05, 0.1) is 18.8 Å². The maximum absolute atomic E-state index is 11.8. The van der Waals surface area contributed by atoms with E-state index in [9.17, 15) is 4.79 Å². The highest BCUT2D eigenvalue weighted by molar-refractivity contribution is 5.81. The molecule has 0 bridgehead atoms. The minimum absolute atomic E-state index is 0.00775. The van der Waals surface area contributed by atoms with E-state index in [2.05, 4.69) is 10.6 Å². The van der Waals surface area contributed by atoms with Gasteiger partial charge in [0, 0.05) is 6.04 Å². The third kappa shape index (κ3) is 4.65. The molecule has 1 fully saturated rings. The van der Waals surface area contributed by atoms with Gasteiger partial charge in [-0.2, -0.15) is 0 Å². The summed E-state index contributed by atoms with van der Waals surface area (Å²) in [6.07, 6.45) is 2.17. The lowest BCUT2D eigenvalue weighted by molar-refractivity contribution is -0.119. The van der Waals surface area contributed by atoms with E-state index < -0.39 is 0 Å². The molecule has 1 aliphatic carbocycles. The van der Waals surface area contributed by atoms with Gasteiger partial charge in [-0.25, -0.2) is 0 Å². The largest absolute Gasteiger partial charge is 0.494 e. The van der Waals surface area contributed by atoms with E-state index in [1.807, 2.05) is 55.5 Å². The van der Waals surface area contributed by atoms with Crippen molar-refractivity contribution in [2.75, 3.05) is 18.5 Å². The molecular weight excluding hydrogens is 304 g/mol. The van der Waals surface area contributed by atoms with E-state index in [-0.39, 0.29) is 12.5 Å². The lowest BCUT2D eigenvalue weighted by Gasteiger charge is -2.13. The molecule has 0 unspecified atom stereocenters. The lowest BCUT2D eigenvalue weighted by atomic mass is 10.2. The number of nitrogens with one attached hydrogen (secondary N) is 2. The number of hydrogen-bond donors (Lipinski definition) is 2. The summed E-state index contributed by atoms with van der Waals surface area (Å²) in [7, 11) is 0. The van der Waals surface area contributed by atoms with Crippen LogP contribution in [0.5, 0.6) is 17.2 Å². The summed E-state index contributed by atoms with van der Waals surface area (Å²) >= 11 is 0. The molecule has 24 heavy (non-hydrogen) atoms. The first-order valence-electron chi connectivity index (χ1n) is 8.27. The van der Waals surface area contributed by atoms with Crippen molar-refractivity contribution < 1.29 is 14.3 Å². The fourth-order valence-electron chi connectivity index (χ4n) is 2.28. The average Bonchev–Trinajstić information content (AvgIpc) is 3.40. The molecule has 5 heteroatoms. The third-order valence-electron chi connectivity index (χ3n) is 3.63. The van der Waals surface area contributed by atoms with Gasteiger partial charge in [0.15, 0.2) is 5.75 Å². The van der Waals surface area contributed by atoms with Crippen molar-refractivity contribution in [1.29, 1.82) is 0 Å². The van der Waals surface area contributed by atoms with Gasteiger partial charge in [-0.1, -0.05) is 12.1 Å². The zero-order chi connectivity index (χ0) is 16.8. The minimum atomic E-state index is 0.00775. The molecular formula is C19H22N2O3. The number of amides is 1. The van der Waals surface area contributed by atoms with E-state index in [0.29, 0.717) is 18.4 Å². The van der Waals surface area contributed by atoms with Crippen LogP contribution < -0.4 is 20.1 Å². The zero-order valence-corrected chi connectivity index (χ0v) is 13.7. The molecule has 2 N–H and O–H groups in total. The van der Waals surface area contributed by atoms with E-state index in [1.165, 1.54) is 0 Å². The Labute approximate surface area is 142 Å². The Kier molecular flexibility index (Phi) is 5.21. The maximum atomic E-state index is 11.8. The Morgan fingerprint density at radius 1 is 1.08 bits per heavy atom. The molecule has 3 rings (SSSR count). The minimum Gasteiger partial charge on any atom is -0.494 e. The molecule has 0 aliphatic heterocycles. The van der Waals surface area contributed by atoms with Crippen LogP contribution in [-0.2, 0) is 4.79 Å². The lowest BCUT2D eigenvalue weighted by Crippen LogP contribution is -2.31. The van der Waals surface area contributed by atoms with Crippen LogP contribution in [0.1, 0.15) is 19.8 Å². The van der Waals surface area contributed by atoms with Crippen LogP contribution in [0.2, 0.25) is 0 Å². The monoisotopic (exact) mass is 326 g/mol. The van der Waals surface area contributed by atoms with Crippen LogP contribution in [0, 0.1) is 0 Å². The van der Waals surface area contributed by atoms with Gasteiger partial charge < -0.3 is 20.1 Å². The Morgan fingerprint density at radius 3 is 2.50 bits per heavy atom. The summed E-state index contributed by atoms with van der Waals surface area (Å²) in [6.45, 7) is 2.82. The highest BCUT2D eigenvalue weighted by atomic mass is 16.5. The molecule has 5 nitrogen and oxygen atoms in total. The number of anilines is 1. The molecule has 0 radical (unpaired) electrons. The molecule has 2 aromatic rings. The fourth-order valence-corrected chi connectivity index (χ4v) is 2.28. The van der Waals surface area contributed by atoms with Crippen LogP contribution in [0.4, 0.5) is 5.69 Å². The highest BCUT2D eigenvalue weighted by Crippen LogP contribution is 2.30. The predicted molar refractivity (Wildman–Crippen MR) is 93.8 cm³/mol. The Morgan fingerprint density at radius 2 is 1.79 bits per heavy atom. The SMILES string of the molecule is CCOc1ccc(Oc2ccccc2NCC(=O)NC2CC2)cc1. The van der Waals surface area contributed by atoms with Gasteiger partial charge in [0.25, 0.3) is 0 Å². The van der Waals surface area contributed by atoms with Gasteiger partial charge in [-0.05, 0) is 56.2 Å². The number of rotatable bonds is 8.